The van der Waals surface area contributed by atoms with Crippen molar-refractivity contribution in [1.82, 2.24) is 30.3 Å². The lowest BCUT2D eigenvalue weighted by atomic mass is 10.1. The van der Waals surface area contributed by atoms with E-state index in [9.17, 15) is 4.79 Å². The zero-order chi connectivity index (χ0) is 21.6. The number of aryl methyl sites for hydroxylation is 1. The summed E-state index contributed by atoms with van der Waals surface area (Å²) >= 11 is 1.32. The van der Waals surface area contributed by atoms with Gasteiger partial charge in [-0.15, -0.1) is 11.3 Å². The van der Waals surface area contributed by atoms with Gasteiger partial charge in [-0.05, 0) is 31.5 Å². The maximum absolute atomic E-state index is 12.4. The molecule has 160 valence electrons. The average Bonchev–Trinajstić information content (AvgIpc) is 3.53. The van der Waals surface area contributed by atoms with E-state index in [4.69, 9.17) is 14.8 Å². The lowest BCUT2D eigenvalue weighted by Gasteiger charge is -2.21. The molecule has 1 aliphatic rings. The molecule has 11 heteroatoms. The van der Waals surface area contributed by atoms with Crippen LogP contribution in [0.15, 0.2) is 28.1 Å². The number of pyridine rings is 1. The van der Waals surface area contributed by atoms with Gasteiger partial charge in [-0.2, -0.15) is 10.2 Å². The number of carbonyl (C=O) groups is 1. The summed E-state index contributed by atoms with van der Waals surface area (Å²) in [5, 5.41) is 21.0. The summed E-state index contributed by atoms with van der Waals surface area (Å²) in [4.78, 5) is 27.7. The van der Waals surface area contributed by atoms with Crippen LogP contribution >= 0.6 is 11.3 Å². The highest BCUT2D eigenvalue weighted by molar-refractivity contribution is 7.14. The first-order valence-electron chi connectivity index (χ1n) is 10.1. The number of nitrogens with one attached hydrogen (secondary N) is 2. The molecular weight excluding hydrogens is 416 g/mol. The lowest BCUT2D eigenvalue weighted by molar-refractivity contribution is 0.0945. The van der Waals surface area contributed by atoms with E-state index in [0.717, 1.165) is 25.1 Å². The number of nitrogens with zero attached hydrogens (tertiary/aromatic N) is 6. The van der Waals surface area contributed by atoms with Crippen LogP contribution in [-0.4, -0.2) is 44.0 Å². The highest BCUT2D eigenvalue weighted by Crippen LogP contribution is 2.31. The minimum Gasteiger partial charge on any atom is -0.343 e. The van der Waals surface area contributed by atoms with Gasteiger partial charge in [0.15, 0.2) is 11.0 Å². The highest BCUT2D eigenvalue weighted by atomic mass is 32.1. The standard InChI is InChI=1S/C20H22N8O2S/c1-2-18-25-17(27-30-18)11-22-19(29)14-12-31-20(24-14)26-16-7-3-5-13(23-16)15-6-4-9-28(15)10-8-21/h3,5,7,12,15H,2,4,6,9-11H2,1H3,(H,22,29)(H,23,24,26)/t15-/m1/s1. The molecule has 0 spiro atoms. The number of likely N-dealkylation sites (tertiary alicyclic amines) is 1. The van der Waals surface area contributed by atoms with Gasteiger partial charge in [0, 0.05) is 11.8 Å². The summed E-state index contributed by atoms with van der Waals surface area (Å²) in [6, 6.07) is 8.15. The number of hydrogen-bond donors (Lipinski definition) is 2. The Balaban J connectivity index is 1.37. The number of hydrogen-bond acceptors (Lipinski definition) is 10. The van der Waals surface area contributed by atoms with Crippen molar-refractivity contribution >= 4 is 28.2 Å². The number of thiazole rings is 1. The zero-order valence-corrected chi connectivity index (χ0v) is 17.9. The van der Waals surface area contributed by atoms with E-state index >= 15 is 0 Å². The predicted octanol–water partition coefficient (Wildman–Crippen LogP) is 2.82. The first-order valence-corrected chi connectivity index (χ1v) is 10.9. The van der Waals surface area contributed by atoms with Crippen LogP contribution in [-0.2, 0) is 13.0 Å². The molecule has 1 aliphatic heterocycles. The quantitative estimate of drug-likeness (QED) is 0.509. The van der Waals surface area contributed by atoms with Crippen LogP contribution in [0.3, 0.4) is 0 Å². The number of nitriles is 1. The van der Waals surface area contributed by atoms with Gasteiger partial charge < -0.3 is 15.2 Å². The topological polar surface area (TPSA) is 133 Å². The van der Waals surface area contributed by atoms with Crippen molar-refractivity contribution in [3.63, 3.8) is 0 Å². The normalized spacial score (nSPS) is 16.2. The SMILES string of the molecule is CCc1nc(CNC(=O)c2csc(Nc3cccc([C@H]4CCCN4CC#N)n3)n2)no1. The fourth-order valence-corrected chi connectivity index (χ4v) is 4.15. The van der Waals surface area contributed by atoms with Gasteiger partial charge in [-0.1, -0.05) is 18.1 Å². The van der Waals surface area contributed by atoms with Crippen molar-refractivity contribution in [3.05, 3.63) is 46.7 Å². The highest BCUT2D eigenvalue weighted by Gasteiger charge is 2.26. The van der Waals surface area contributed by atoms with Crippen molar-refractivity contribution in [1.29, 1.82) is 5.26 Å². The molecule has 0 radical (unpaired) electrons. The monoisotopic (exact) mass is 438 g/mol. The summed E-state index contributed by atoms with van der Waals surface area (Å²) in [7, 11) is 0. The molecular formula is C20H22N8O2S. The third-order valence-electron chi connectivity index (χ3n) is 4.94. The van der Waals surface area contributed by atoms with Gasteiger partial charge in [-0.25, -0.2) is 9.97 Å². The number of amides is 1. The van der Waals surface area contributed by atoms with E-state index < -0.39 is 0 Å². The minimum atomic E-state index is -0.313. The third-order valence-corrected chi connectivity index (χ3v) is 5.70. The van der Waals surface area contributed by atoms with Crippen LogP contribution in [0, 0.1) is 11.3 Å². The van der Waals surface area contributed by atoms with E-state index in [0.29, 0.717) is 41.3 Å². The van der Waals surface area contributed by atoms with E-state index in [1.807, 2.05) is 25.1 Å². The molecule has 10 nitrogen and oxygen atoms in total. The van der Waals surface area contributed by atoms with E-state index in [-0.39, 0.29) is 18.5 Å². The Hall–Kier alpha value is -3.36. The minimum absolute atomic E-state index is 0.150. The van der Waals surface area contributed by atoms with Gasteiger partial charge in [-0.3, -0.25) is 9.69 Å². The van der Waals surface area contributed by atoms with Crippen LogP contribution in [0.5, 0.6) is 0 Å². The van der Waals surface area contributed by atoms with Gasteiger partial charge in [0.25, 0.3) is 5.91 Å². The summed E-state index contributed by atoms with van der Waals surface area (Å²) in [6.07, 6.45) is 2.69. The van der Waals surface area contributed by atoms with Gasteiger partial charge in [0.05, 0.1) is 30.9 Å². The number of rotatable bonds is 8. The summed E-state index contributed by atoms with van der Waals surface area (Å²) in [5.74, 6) is 1.30. The molecule has 3 aromatic rings. The smallest absolute Gasteiger partial charge is 0.271 e. The fourth-order valence-electron chi connectivity index (χ4n) is 3.45. The van der Waals surface area contributed by atoms with Crippen LogP contribution in [0.2, 0.25) is 0 Å². The Kier molecular flexibility index (Phi) is 6.49. The van der Waals surface area contributed by atoms with Gasteiger partial charge in [0.2, 0.25) is 5.89 Å². The second kappa shape index (κ2) is 9.63. The Morgan fingerprint density at radius 2 is 2.29 bits per heavy atom. The molecule has 0 bridgehead atoms. The molecule has 1 atom stereocenters. The van der Waals surface area contributed by atoms with Crippen molar-refractivity contribution in [2.75, 3.05) is 18.4 Å². The summed E-state index contributed by atoms with van der Waals surface area (Å²) < 4.78 is 5.03. The van der Waals surface area contributed by atoms with Crippen molar-refractivity contribution in [2.24, 2.45) is 0 Å². The van der Waals surface area contributed by atoms with E-state index in [1.54, 1.807) is 5.38 Å². The number of aromatic nitrogens is 4. The first-order chi connectivity index (χ1) is 15.2. The summed E-state index contributed by atoms with van der Waals surface area (Å²) in [6.45, 7) is 3.40. The third kappa shape index (κ3) is 5.04. The Morgan fingerprint density at radius 1 is 1.39 bits per heavy atom. The fraction of sp³-hybridized carbons (Fsp3) is 0.400. The van der Waals surface area contributed by atoms with Crippen LogP contribution in [0.1, 0.15) is 53.7 Å². The van der Waals surface area contributed by atoms with Crippen LogP contribution < -0.4 is 10.6 Å². The molecule has 1 fully saturated rings. The van der Waals surface area contributed by atoms with Crippen molar-refractivity contribution in [2.45, 2.75) is 38.8 Å². The molecule has 4 rings (SSSR count). The van der Waals surface area contributed by atoms with Crippen molar-refractivity contribution in [3.8, 4) is 6.07 Å². The Bertz CT molecular complexity index is 1090. The van der Waals surface area contributed by atoms with E-state index in [2.05, 4.69) is 36.7 Å². The molecule has 0 aromatic carbocycles. The van der Waals surface area contributed by atoms with Gasteiger partial charge >= 0.3 is 0 Å². The molecule has 0 saturated carbocycles. The number of carbonyl (C=O) groups excluding carboxylic acids is 1. The maximum Gasteiger partial charge on any atom is 0.271 e. The zero-order valence-electron chi connectivity index (χ0n) is 17.0. The van der Waals surface area contributed by atoms with Crippen LogP contribution in [0.4, 0.5) is 10.9 Å². The van der Waals surface area contributed by atoms with Crippen LogP contribution in [0.25, 0.3) is 0 Å². The second-order valence-corrected chi connectivity index (χ2v) is 7.90. The predicted molar refractivity (Wildman–Crippen MR) is 114 cm³/mol. The average molecular weight is 439 g/mol. The Labute approximate surface area is 183 Å². The maximum atomic E-state index is 12.4. The molecule has 0 aliphatic carbocycles. The molecule has 3 aromatic heterocycles. The van der Waals surface area contributed by atoms with E-state index in [1.165, 1.54) is 11.3 Å². The molecule has 1 amide bonds. The molecule has 0 unspecified atom stereocenters. The number of anilines is 2. The Morgan fingerprint density at radius 3 is 3.10 bits per heavy atom. The van der Waals surface area contributed by atoms with Crippen molar-refractivity contribution < 1.29 is 9.32 Å². The lowest BCUT2D eigenvalue weighted by Crippen LogP contribution is -2.24. The molecule has 2 N–H and O–H groups in total. The van der Waals surface area contributed by atoms with Gasteiger partial charge in [0.1, 0.15) is 11.5 Å². The second-order valence-electron chi connectivity index (χ2n) is 7.04. The molecule has 31 heavy (non-hydrogen) atoms. The molecule has 4 heterocycles. The summed E-state index contributed by atoms with van der Waals surface area (Å²) in [5.41, 5.74) is 1.23. The first kappa shape index (κ1) is 20.9. The largest absolute Gasteiger partial charge is 0.343 e. The molecule has 1 saturated heterocycles.